The van der Waals surface area contributed by atoms with Gasteiger partial charge in [0.05, 0.1) is 10.6 Å². The van der Waals surface area contributed by atoms with E-state index in [2.05, 4.69) is 22.5 Å². The molecule has 0 aliphatic rings. The molecule has 6 heteroatoms. The third-order valence-electron chi connectivity index (χ3n) is 3.53. The number of nitrogens with one attached hydrogen (secondary N) is 2. The average Bonchev–Trinajstić information content (AvgIpc) is 2.57. The van der Waals surface area contributed by atoms with E-state index in [0.717, 1.165) is 18.9 Å². The summed E-state index contributed by atoms with van der Waals surface area (Å²) in [6, 6.07) is 8.58. The Balaban J connectivity index is 2.25. The lowest BCUT2D eigenvalue weighted by Gasteiger charge is -2.11. The average molecular weight is 340 g/mol. The van der Waals surface area contributed by atoms with E-state index in [-0.39, 0.29) is 5.75 Å². The normalized spacial score (nSPS) is 12.2. The van der Waals surface area contributed by atoms with E-state index >= 15 is 0 Å². The van der Waals surface area contributed by atoms with Crippen LogP contribution in [0.3, 0.4) is 0 Å². The van der Waals surface area contributed by atoms with Crippen LogP contribution in [0.25, 0.3) is 0 Å². The highest BCUT2D eigenvalue weighted by Crippen LogP contribution is 2.10. The predicted octanol–water partition coefficient (Wildman–Crippen LogP) is 2.60. The molecular weight excluding hydrogens is 310 g/mol. The molecule has 1 aromatic carbocycles. The molecule has 0 spiro atoms. The number of hydrogen-bond donors (Lipinski definition) is 2. The lowest BCUT2D eigenvalue weighted by atomic mass is 10.2. The standard InChI is InChI=1S/C17H29N3O2S/c1-3-4-5-9-13-19-17(18-2)20-14-10-15-23(21,22)16-11-7-6-8-12-16/h6-8,11-12H,3-5,9-10,13-15H2,1-2H3,(H2,18,19,20). The van der Waals surface area contributed by atoms with Gasteiger partial charge in [-0.25, -0.2) is 8.42 Å². The van der Waals surface area contributed by atoms with Gasteiger partial charge in [0.1, 0.15) is 0 Å². The number of nitrogens with zero attached hydrogens (tertiary/aromatic N) is 1. The highest BCUT2D eigenvalue weighted by atomic mass is 32.2. The van der Waals surface area contributed by atoms with Crippen LogP contribution in [-0.2, 0) is 9.84 Å². The number of rotatable bonds is 10. The van der Waals surface area contributed by atoms with Crippen LogP contribution in [0, 0.1) is 0 Å². The molecule has 0 amide bonds. The van der Waals surface area contributed by atoms with Gasteiger partial charge in [-0.2, -0.15) is 0 Å². The van der Waals surface area contributed by atoms with Crippen molar-refractivity contribution in [3.05, 3.63) is 30.3 Å². The summed E-state index contributed by atoms with van der Waals surface area (Å²) in [7, 11) is -1.47. The molecule has 0 saturated carbocycles. The molecule has 2 N–H and O–H groups in total. The monoisotopic (exact) mass is 339 g/mol. The van der Waals surface area contributed by atoms with E-state index in [9.17, 15) is 8.42 Å². The van der Waals surface area contributed by atoms with Gasteiger partial charge < -0.3 is 10.6 Å². The molecule has 23 heavy (non-hydrogen) atoms. The summed E-state index contributed by atoms with van der Waals surface area (Å²) in [6.45, 7) is 3.67. The number of hydrogen-bond acceptors (Lipinski definition) is 3. The van der Waals surface area contributed by atoms with Gasteiger partial charge in [-0.05, 0) is 25.0 Å². The van der Waals surface area contributed by atoms with Crippen molar-refractivity contribution >= 4 is 15.8 Å². The second-order valence-corrected chi connectivity index (χ2v) is 7.58. The van der Waals surface area contributed by atoms with E-state index in [1.165, 1.54) is 19.3 Å². The molecule has 1 rings (SSSR count). The zero-order valence-electron chi connectivity index (χ0n) is 14.2. The number of unbranched alkanes of at least 4 members (excludes halogenated alkanes) is 3. The van der Waals surface area contributed by atoms with E-state index in [4.69, 9.17) is 0 Å². The van der Waals surface area contributed by atoms with Crippen LogP contribution in [0.5, 0.6) is 0 Å². The molecular formula is C17H29N3O2S. The highest BCUT2D eigenvalue weighted by Gasteiger charge is 2.12. The molecule has 0 aliphatic carbocycles. The fraction of sp³-hybridized carbons (Fsp3) is 0.588. The Morgan fingerprint density at radius 2 is 1.65 bits per heavy atom. The third-order valence-corrected chi connectivity index (χ3v) is 5.35. The van der Waals surface area contributed by atoms with Gasteiger partial charge in [0, 0.05) is 20.1 Å². The van der Waals surface area contributed by atoms with Crippen LogP contribution >= 0.6 is 0 Å². The molecule has 0 radical (unpaired) electrons. The molecule has 130 valence electrons. The van der Waals surface area contributed by atoms with E-state index < -0.39 is 9.84 Å². The highest BCUT2D eigenvalue weighted by molar-refractivity contribution is 7.91. The summed E-state index contributed by atoms with van der Waals surface area (Å²) in [6.07, 6.45) is 5.37. The van der Waals surface area contributed by atoms with Gasteiger partial charge in [0.15, 0.2) is 15.8 Å². The topological polar surface area (TPSA) is 70.6 Å². The van der Waals surface area contributed by atoms with Crippen molar-refractivity contribution in [3.8, 4) is 0 Å². The van der Waals surface area contributed by atoms with Crippen LogP contribution in [0.4, 0.5) is 0 Å². The van der Waals surface area contributed by atoms with Gasteiger partial charge in [0.2, 0.25) is 0 Å². The molecule has 0 fully saturated rings. The van der Waals surface area contributed by atoms with Crippen molar-refractivity contribution in [1.82, 2.24) is 10.6 Å². The fourth-order valence-corrected chi connectivity index (χ4v) is 3.53. The Labute approximate surface area is 140 Å². The van der Waals surface area contributed by atoms with Gasteiger partial charge in [-0.1, -0.05) is 44.4 Å². The second kappa shape index (κ2) is 11.0. The largest absolute Gasteiger partial charge is 0.356 e. The first-order chi connectivity index (χ1) is 11.1. The van der Waals surface area contributed by atoms with Crippen LogP contribution in [0.2, 0.25) is 0 Å². The van der Waals surface area contributed by atoms with Gasteiger partial charge in [-0.3, -0.25) is 4.99 Å². The molecule has 0 heterocycles. The zero-order valence-corrected chi connectivity index (χ0v) is 15.0. The first kappa shape index (κ1) is 19.5. The Morgan fingerprint density at radius 3 is 2.26 bits per heavy atom. The zero-order chi connectivity index (χ0) is 17.0. The van der Waals surface area contributed by atoms with Crippen LogP contribution in [0.1, 0.15) is 39.0 Å². The van der Waals surface area contributed by atoms with Gasteiger partial charge in [-0.15, -0.1) is 0 Å². The maximum Gasteiger partial charge on any atom is 0.190 e. The maximum absolute atomic E-state index is 12.1. The minimum atomic E-state index is -3.19. The summed E-state index contributed by atoms with van der Waals surface area (Å²) < 4.78 is 24.3. The van der Waals surface area contributed by atoms with Gasteiger partial charge >= 0.3 is 0 Å². The lowest BCUT2D eigenvalue weighted by molar-refractivity contribution is 0.592. The van der Waals surface area contributed by atoms with Crippen LogP contribution in [0.15, 0.2) is 40.2 Å². The van der Waals surface area contributed by atoms with E-state index in [0.29, 0.717) is 17.9 Å². The van der Waals surface area contributed by atoms with Crippen molar-refractivity contribution in [2.24, 2.45) is 4.99 Å². The molecule has 0 aliphatic heterocycles. The van der Waals surface area contributed by atoms with Crippen molar-refractivity contribution in [3.63, 3.8) is 0 Å². The molecule has 0 aromatic heterocycles. The summed E-state index contributed by atoms with van der Waals surface area (Å²) >= 11 is 0. The van der Waals surface area contributed by atoms with Crippen molar-refractivity contribution in [2.45, 2.75) is 43.9 Å². The molecule has 1 aromatic rings. The predicted molar refractivity (Wildman–Crippen MR) is 96.6 cm³/mol. The van der Waals surface area contributed by atoms with Crippen LogP contribution < -0.4 is 10.6 Å². The minimum Gasteiger partial charge on any atom is -0.356 e. The molecule has 0 unspecified atom stereocenters. The Morgan fingerprint density at radius 1 is 1.00 bits per heavy atom. The smallest absolute Gasteiger partial charge is 0.190 e. The fourth-order valence-electron chi connectivity index (χ4n) is 2.19. The quantitative estimate of drug-likeness (QED) is 0.390. The lowest BCUT2D eigenvalue weighted by Crippen LogP contribution is -2.38. The van der Waals surface area contributed by atoms with Crippen molar-refractivity contribution in [2.75, 3.05) is 25.9 Å². The molecule has 0 atom stereocenters. The first-order valence-corrected chi connectivity index (χ1v) is 9.97. The number of sulfone groups is 1. The maximum atomic E-state index is 12.1. The minimum absolute atomic E-state index is 0.136. The third kappa shape index (κ3) is 8.02. The first-order valence-electron chi connectivity index (χ1n) is 8.32. The number of aliphatic imine (C=N–C) groups is 1. The Hall–Kier alpha value is -1.56. The molecule has 0 bridgehead atoms. The molecule has 5 nitrogen and oxygen atoms in total. The summed E-state index contributed by atoms with van der Waals surface area (Å²) in [5, 5.41) is 6.41. The van der Waals surface area contributed by atoms with Gasteiger partial charge in [0.25, 0.3) is 0 Å². The van der Waals surface area contributed by atoms with E-state index in [1.807, 2.05) is 6.07 Å². The summed E-state index contributed by atoms with van der Waals surface area (Å²) in [4.78, 5) is 4.53. The Bertz CT molecular complexity index is 556. The number of guanidine groups is 1. The Kier molecular flexibility index (Phi) is 9.36. The van der Waals surface area contributed by atoms with E-state index in [1.54, 1.807) is 31.3 Å². The number of benzene rings is 1. The molecule has 0 saturated heterocycles. The van der Waals surface area contributed by atoms with Crippen molar-refractivity contribution < 1.29 is 8.42 Å². The second-order valence-electron chi connectivity index (χ2n) is 5.47. The van der Waals surface area contributed by atoms with Crippen molar-refractivity contribution in [1.29, 1.82) is 0 Å². The summed E-state index contributed by atoms with van der Waals surface area (Å²) in [5.74, 6) is 0.871. The van der Waals surface area contributed by atoms with Crippen LogP contribution in [-0.4, -0.2) is 40.3 Å². The summed E-state index contributed by atoms with van der Waals surface area (Å²) in [5.41, 5.74) is 0. The SMILES string of the molecule is CCCCCCNC(=NC)NCCCS(=O)(=O)c1ccccc1.